The number of sulfonamides is 1. The van der Waals surface area contributed by atoms with E-state index in [1.54, 1.807) is 48.5 Å². The van der Waals surface area contributed by atoms with Gasteiger partial charge in [0.1, 0.15) is 0 Å². The Kier molecular flexibility index (Phi) is 4.78. The largest absolute Gasteiger partial charge is 0.321 e. The quantitative estimate of drug-likeness (QED) is 0.906. The fourth-order valence-corrected chi connectivity index (χ4v) is 4.44. The van der Waals surface area contributed by atoms with Gasteiger partial charge >= 0.3 is 0 Å². The number of anilines is 2. The van der Waals surface area contributed by atoms with Crippen molar-refractivity contribution < 1.29 is 13.2 Å². The van der Waals surface area contributed by atoms with Crippen LogP contribution in [0.1, 0.15) is 23.2 Å². The van der Waals surface area contributed by atoms with E-state index in [4.69, 9.17) is 11.6 Å². The van der Waals surface area contributed by atoms with Crippen molar-refractivity contribution in [3.8, 4) is 0 Å². The molecule has 0 aromatic heterocycles. The second-order valence-electron chi connectivity index (χ2n) is 5.58. The van der Waals surface area contributed by atoms with Crippen LogP contribution >= 0.6 is 11.6 Å². The fraction of sp³-hybridized carbons (Fsp3) is 0.235. The molecule has 0 aliphatic carbocycles. The summed E-state index contributed by atoms with van der Waals surface area (Å²) >= 11 is 6.03. The highest BCUT2D eigenvalue weighted by molar-refractivity contribution is 7.92. The summed E-state index contributed by atoms with van der Waals surface area (Å²) in [6.07, 6.45) is 1.53. The number of para-hydroxylation sites is 1. The van der Waals surface area contributed by atoms with Gasteiger partial charge in [-0.2, -0.15) is 0 Å². The lowest BCUT2D eigenvalue weighted by Crippen LogP contribution is -2.37. The van der Waals surface area contributed by atoms with E-state index in [9.17, 15) is 13.2 Å². The van der Waals surface area contributed by atoms with Gasteiger partial charge in [0.15, 0.2) is 0 Å². The van der Waals surface area contributed by atoms with Gasteiger partial charge in [-0.15, -0.1) is 0 Å². The molecule has 1 aliphatic heterocycles. The zero-order valence-electron chi connectivity index (χ0n) is 12.9. The maximum Gasteiger partial charge on any atom is 0.255 e. The Morgan fingerprint density at radius 3 is 2.42 bits per heavy atom. The molecule has 1 amide bonds. The van der Waals surface area contributed by atoms with E-state index in [-0.39, 0.29) is 11.7 Å². The third kappa shape index (κ3) is 3.55. The molecule has 1 heterocycles. The Labute approximate surface area is 146 Å². The first-order valence-corrected chi connectivity index (χ1v) is 9.62. The highest BCUT2D eigenvalue weighted by atomic mass is 35.5. The molecule has 1 aliphatic rings. The fourth-order valence-electron chi connectivity index (χ4n) is 2.61. The van der Waals surface area contributed by atoms with Crippen LogP contribution in [0.2, 0.25) is 5.02 Å². The molecule has 0 atom stereocenters. The van der Waals surface area contributed by atoms with Crippen LogP contribution in [0.15, 0.2) is 48.5 Å². The normalized spacial score (nSPS) is 16.6. The molecule has 0 bridgehead atoms. The number of hydrogen-bond donors (Lipinski definition) is 1. The lowest BCUT2D eigenvalue weighted by atomic mass is 10.2. The van der Waals surface area contributed by atoms with Crippen molar-refractivity contribution in [1.29, 1.82) is 0 Å². The maximum absolute atomic E-state index is 12.3. The zero-order chi connectivity index (χ0) is 17.2. The topological polar surface area (TPSA) is 66.5 Å². The van der Waals surface area contributed by atoms with Crippen LogP contribution in [-0.4, -0.2) is 26.6 Å². The van der Waals surface area contributed by atoms with Crippen molar-refractivity contribution in [3.63, 3.8) is 0 Å². The molecule has 2 aromatic rings. The molecule has 7 heteroatoms. The Morgan fingerprint density at radius 2 is 1.75 bits per heavy atom. The van der Waals surface area contributed by atoms with Crippen molar-refractivity contribution in [2.75, 3.05) is 21.9 Å². The summed E-state index contributed by atoms with van der Waals surface area (Å²) in [5, 5.41) is 3.20. The zero-order valence-corrected chi connectivity index (χ0v) is 14.5. The van der Waals surface area contributed by atoms with Crippen molar-refractivity contribution in [2.45, 2.75) is 12.8 Å². The number of carbonyl (C=O) groups is 1. The summed E-state index contributed by atoms with van der Waals surface area (Å²) in [7, 11) is -3.25. The first-order valence-electron chi connectivity index (χ1n) is 7.64. The first-order chi connectivity index (χ1) is 11.5. The Balaban J connectivity index is 1.77. The molecule has 5 nitrogen and oxygen atoms in total. The predicted octanol–water partition coefficient (Wildman–Crippen LogP) is 3.52. The minimum absolute atomic E-state index is 0.168. The van der Waals surface area contributed by atoms with Gasteiger partial charge in [-0.25, -0.2) is 8.42 Å². The van der Waals surface area contributed by atoms with Crippen LogP contribution < -0.4 is 9.62 Å². The Bertz CT molecular complexity index is 850. The van der Waals surface area contributed by atoms with Gasteiger partial charge in [-0.1, -0.05) is 23.7 Å². The molecule has 0 radical (unpaired) electrons. The SMILES string of the molecule is O=C(Nc1ccccc1Cl)c1ccc(N2CCCCS2(=O)=O)cc1. The van der Waals surface area contributed by atoms with Gasteiger partial charge in [-0.3, -0.25) is 9.10 Å². The summed E-state index contributed by atoms with van der Waals surface area (Å²) < 4.78 is 25.6. The number of hydrogen-bond acceptors (Lipinski definition) is 3. The molecule has 24 heavy (non-hydrogen) atoms. The van der Waals surface area contributed by atoms with Crippen molar-refractivity contribution >= 4 is 38.9 Å². The molecule has 0 unspecified atom stereocenters. The van der Waals surface area contributed by atoms with Crippen LogP contribution in [-0.2, 0) is 10.0 Å². The van der Waals surface area contributed by atoms with Crippen molar-refractivity contribution in [1.82, 2.24) is 0 Å². The average Bonchev–Trinajstić information content (AvgIpc) is 2.57. The predicted molar refractivity (Wildman–Crippen MR) is 96.2 cm³/mol. The smallest absolute Gasteiger partial charge is 0.255 e. The van der Waals surface area contributed by atoms with Gasteiger partial charge < -0.3 is 5.32 Å². The van der Waals surface area contributed by atoms with Crippen LogP contribution in [0.3, 0.4) is 0 Å². The molecular formula is C17H17ClN2O3S. The minimum atomic E-state index is -3.25. The standard InChI is InChI=1S/C17H17ClN2O3S/c18-15-5-1-2-6-16(15)19-17(21)13-7-9-14(10-8-13)20-11-3-4-12-24(20,22)23/h1-2,5-10H,3-4,11-12H2,(H,19,21). The van der Waals surface area contributed by atoms with Gasteiger partial charge in [-0.05, 0) is 49.2 Å². The number of carbonyl (C=O) groups excluding carboxylic acids is 1. The van der Waals surface area contributed by atoms with E-state index in [0.717, 1.165) is 6.42 Å². The van der Waals surface area contributed by atoms with Crippen LogP contribution in [0.5, 0.6) is 0 Å². The van der Waals surface area contributed by atoms with E-state index >= 15 is 0 Å². The number of rotatable bonds is 3. The summed E-state index contributed by atoms with van der Waals surface area (Å²) in [6, 6.07) is 13.5. The molecule has 1 N–H and O–H groups in total. The third-order valence-electron chi connectivity index (χ3n) is 3.89. The van der Waals surface area contributed by atoms with Gasteiger partial charge in [0.05, 0.1) is 22.2 Å². The van der Waals surface area contributed by atoms with Crippen molar-refractivity contribution in [3.05, 3.63) is 59.1 Å². The van der Waals surface area contributed by atoms with Gasteiger partial charge in [0.2, 0.25) is 10.0 Å². The molecule has 0 saturated carbocycles. The minimum Gasteiger partial charge on any atom is -0.321 e. The number of nitrogens with one attached hydrogen (secondary N) is 1. The van der Waals surface area contributed by atoms with Crippen LogP contribution in [0.4, 0.5) is 11.4 Å². The summed E-state index contributed by atoms with van der Waals surface area (Å²) in [6.45, 7) is 0.480. The number of halogens is 1. The first kappa shape index (κ1) is 16.8. The lowest BCUT2D eigenvalue weighted by molar-refractivity contribution is 0.102. The number of nitrogens with zero attached hydrogens (tertiary/aromatic N) is 1. The van der Waals surface area contributed by atoms with Crippen molar-refractivity contribution in [2.24, 2.45) is 0 Å². The highest BCUT2D eigenvalue weighted by Gasteiger charge is 2.26. The van der Waals surface area contributed by atoms with Crippen LogP contribution in [0.25, 0.3) is 0 Å². The van der Waals surface area contributed by atoms with Crippen LogP contribution in [0, 0.1) is 0 Å². The molecule has 2 aromatic carbocycles. The van der Waals surface area contributed by atoms with E-state index in [2.05, 4.69) is 5.32 Å². The van der Waals surface area contributed by atoms with E-state index in [0.29, 0.717) is 34.9 Å². The maximum atomic E-state index is 12.3. The second-order valence-corrected chi connectivity index (χ2v) is 8.00. The summed E-state index contributed by atoms with van der Waals surface area (Å²) in [5.74, 6) is -0.127. The lowest BCUT2D eigenvalue weighted by Gasteiger charge is -2.28. The number of amides is 1. The molecule has 126 valence electrons. The Morgan fingerprint density at radius 1 is 1.04 bits per heavy atom. The van der Waals surface area contributed by atoms with Gasteiger partial charge in [0.25, 0.3) is 5.91 Å². The van der Waals surface area contributed by atoms with E-state index < -0.39 is 10.0 Å². The van der Waals surface area contributed by atoms with Gasteiger partial charge in [0, 0.05) is 12.1 Å². The van der Waals surface area contributed by atoms with E-state index in [1.165, 1.54) is 4.31 Å². The third-order valence-corrected chi connectivity index (χ3v) is 6.09. The van der Waals surface area contributed by atoms with E-state index in [1.807, 2.05) is 0 Å². The summed E-state index contributed by atoms with van der Waals surface area (Å²) in [4.78, 5) is 12.3. The summed E-state index contributed by atoms with van der Waals surface area (Å²) in [5.41, 5.74) is 1.56. The molecule has 3 rings (SSSR count). The molecule has 1 fully saturated rings. The molecule has 0 spiro atoms. The second kappa shape index (κ2) is 6.83. The average molecular weight is 365 g/mol. The molecule has 1 saturated heterocycles. The number of benzene rings is 2. The molecular weight excluding hydrogens is 348 g/mol. The monoisotopic (exact) mass is 364 g/mol. The highest BCUT2D eigenvalue weighted by Crippen LogP contribution is 2.25. The Hall–Kier alpha value is -2.05.